The molecule has 0 radical (unpaired) electrons. The summed E-state index contributed by atoms with van der Waals surface area (Å²) in [6, 6.07) is 8.19. The maximum atomic E-state index is 11.9. The molecule has 0 atom stereocenters. The Morgan fingerprint density at radius 3 is 2.75 bits per heavy atom. The van der Waals surface area contributed by atoms with Gasteiger partial charge in [0, 0.05) is 12.3 Å². The van der Waals surface area contributed by atoms with Gasteiger partial charge in [0.2, 0.25) is 5.91 Å². The summed E-state index contributed by atoms with van der Waals surface area (Å²) < 4.78 is 1.32. The van der Waals surface area contributed by atoms with Crippen LogP contribution in [-0.2, 0) is 11.3 Å². The van der Waals surface area contributed by atoms with Crippen LogP contribution in [0.3, 0.4) is 0 Å². The predicted molar refractivity (Wildman–Crippen MR) is 80.5 cm³/mol. The second-order valence-corrected chi connectivity index (χ2v) is 5.10. The first-order valence-electron chi connectivity index (χ1n) is 5.88. The topological polar surface area (TPSA) is 51.1 Å². The molecule has 104 valence electrons. The highest BCUT2D eigenvalue weighted by Gasteiger charge is 2.09. The van der Waals surface area contributed by atoms with Gasteiger partial charge < -0.3 is 9.88 Å². The molecule has 0 spiro atoms. The minimum absolute atomic E-state index is 0.0814. The van der Waals surface area contributed by atoms with Crippen LogP contribution in [0.2, 0.25) is 10.0 Å². The molecule has 2 rings (SSSR count). The van der Waals surface area contributed by atoms with Crippen molar-refractivity contribution in [2.45, 2.75) is 13.5 Å². The van der Waals surface area contributed by atoms with Crippen LogP contribution in [0.25, 0.3) is 0 Å². The van der Waals surface area contributed by atoms with Gasteiger partial charge in [0.05, 0.1) is 15.7 Å². The van der Waals surface area contributed by atoms with Crippen molar-refractivity contribution < 1.29 is 4.79 Å². The van der Waals surface area contributed by atoms with E-state index in [-0.39, 0.29) is 23.0 Å². The minimum Gasteiger partial charge on any atom is -0.323 e. The molecule has 1 amide bonds. The van der Waals surface area contributed by atoms with Crippen LogP contribution in [0.15, 0.2) is 41.3 Å². The Hall–Kier alpha value is -1.78. The van der Waals surface area contributed by atoms with E-state index in [2.05, 4.69) is 5.32 Å². The van der Waals surface area contributed by atoms with Crippen LogP contribution < -0.4 is 10.9 Å². The zero-order valence-corrected chi connectivity index (χ0v) is 12.2. The molecule has 0 aliphatic rings. The zero-order chi connectivity index (χ0) is 14.7. The van der Waals surface area contributed by atoms with E-state index in [0.717, 1.165) is 5.56 Å². The molecule has 0 saturated carbocycles. The van der Waals surface area contributed by atoms with E-state index >= 15 is 0 Å². The number of aromatic nitrogens is 1. The number of rotatable bonds is 3. The number of carbonyl (C=O) groups is 1. The molecule has 0 aliphatic heterocycles. The van der Waals surface area contributed by atoms with Crippen molar-refractivity contribution in [3.05, 3.63) is 62.5 Å². The molecule has 1 heterocycles. The van der Waals surface area contributed by atoms with Crippen LogP contribution in [0, 0.1) is 6.92 Å². The maximum Gasteiger partial charge on any atom is 0.251 e. The molecule has 2 aromatic rings. The molecule has 1 aromatic carbocycles. The first-order valence-corrected chi connectivity index (χ1v) is 6.64. The summed E-state index contributed by atoms with van der Waals surface area (Å²) in [6.07, 6.45) is 1.58. The number of hydrogen-bond acceptors (Lipinski definition) is 2. The molecule has 0 unspecified atom stereocenters. The number of anilines is 1. The second-order valence-electron chi connectivity index (χ2n) is 4.32. The number of pyridine rings is 1. The van der Waals surface area contributed by atoms with Gasteiger partial charge >= 0.3 is 0 Å². The van der Waals surface area contributed by atoms with Crippen LogP contribution in [0.1, 0.15) is 5.56 Å². The quantitative estimate of drug-likeness (QED) is 0.947. The molecule has 0 bridgehead atoms. The maximum absolute atomic E-state index is 11.9. The van der Waals surface area contributed by atoms with Gasteiger partial charge in [-0.05, 0) is 30.7 Å². The van der Waals surface area contributed by atoms with Crippen LogP contribution in [0.4, 0.5) is 5.69 Å². The van der Waals surface area contributed by atoms with Gasteiger partial charge in [0.25, 0.3) is 5.56 Å². The molecule has 4 nitrogen and oxygen atoms in total. The number of nitrogens with zero attached hydrogens (tertiary/aromatic N) is 1. The van der Waals surface area contributed by atoms with Crippen molar-refractivity contribution in [2.75, 3.05) is 5.32 Å². The Morgan fingerprint density at radius 2 is 2.05 bits per heavy atom. The number of benzene rings is 1. The third-order valence-corrected chi connectivity index (χ3v) is 3.51. The summed E-state index contributed by atoms with van der Waals surface area (Å²) in [5.41, 5.74) is 1.05. The van der Waals surface area contributed by atoms with Crippen molar-refractivity contribution in [1.29, 1.82) is 0 Å². The molecule has 1 N–H and O–H groups in total. The SMILES string of the molecule is Cc1ccn(CC(=O)Nc2cccc(Cl)c2Cl)c(=O)c1. The molecule has 0 fully saturated rings. The summed E-state index contributed by atoms with van der Waals surface area (Å²) >= 11 is 11.8. The Balaban J connectivity index is 2.13. The number of aryl methyl sites for hydroxylation is 1. The lowest BCUT2D eigenvalue weighted by Gasteiger charge is -2.09. The average Bonchev–Trinajstić information content (AvgIpc) is 2.38. The van der Waals surface area contributed by atoms with Crippen molar-refractivity contribution in [2.24, 2.45) is 0 Å². The highest BCUT2D eigenvalue weighted by atomic mass is 35.5. The molecule has 0 aliphatic carbocycles. The third-order valence-electron chi connectivity index (χ3n) is 2.69. The number of halogens is 2. The van der Waals surface area contributed by atoms with Crippen molar-refractivity contribution in [3.8, 4) is 0 Å². The first kappa shape index (κ1) is 14.6. The highest BCUT2D eigenvalue weighted by Crippen LogP contribution is 2.29. The van der Waals surface area contributed by atoms with Gasteiger partial charge in [0.1, 0.15) is 6.54 Å². The summed E-state index contributed by atoms with van der Waals surface area (Å²) in [7, 11) is 0. The lowest BCUT2D eigenvalue weighted by atomic mass is 10.3. The van der Waals surface area contributed by atoms with Gasteiger partial charge in [-0.2, -0.15) is 0 Å². The predicted octanol–water partition coefficient (Wildman–Crippen LogP) is 3.10. The minimum atomic E-state index is -0.347. The summed E-state index contributed by atoms with van der Waals surface area (Å²) in [4.78, 5) is 23.6. The summed E-state index contributed by atoms with van der Waals surface area (Å²) in [5.74, 6) is -0.347. The standard InChI is InChI=1S/C14H12Cl2N2O2/c1-9-5-6-18(13(20)7-9)8-12(19)17-11-4-2-3-10(15)14(11)16/h2-7H,8H2,1H3,(H,17,19). The van der Waals surface area contributed by atoms with Gasteiger partial charge in [-0.15, -0.1) is 0 Å². The fourth-order valence-corrected chi connectivity index (χ4v) is 2.03. The van der Waals surface area contributed by atoms with Crippen LogP contribution in [0.5, 0.6) is 0 Å². The van der Waals surface area contributed by atoms with E-state index in [1.54, 1.807) is 30.5 Å². The third kappa shape index (κ3) is 3.40. The van der Waals surface area contributed by atoms with Gasteiger partial charge in [-0.25, -0.2) is 0 Å². The molecule has 20 heavy (non-hydrogen) atoms. The molecule has 1 aromatic heterocycles. The lowest BCUT2D eigenvalue weighted by Crippen LogP contribution is -2.26. The fourth-order valence-electron chi connectivity index (χ4n) is 1.68. The van der Waals surface area contributed by atoms with Gasteiger partial charge in [0.15, 0.2) is 0 Å². The largest absolute Gasteiger partial charge is 0.323 e. The summed E-state index contributed by atoms with van der Waals surface area (Å²) in [5, 5.41) is 3.26. The monoisotopic (exact) mass is 310 g/mol. The van der Waals surface area contributed by atoms with E-state index in [9.17, 15) is 9.59 Å². The highest BCUT2D eigenvalue weighted by molar-refractivity contribution is 6.43. The van der Waals surface area contributed by atoms with E-state index < -0.39 is 0 Å². The van der Waals surface area contributed by atoms with E-state index in [0.29, 0.717) is 10.7 Å². The Kier molecular flexibility index (Phi) is 4.47. The normalized spacial score (nSPS) is 10.3. The Bertz CT molecular complexity index is 711. The summed E-state index contributed by atoms with van der Waals surface area (Å²) in [6.45, 7) is 1.74. The zero-order valence-electron chi connectivity index (χ0n) is 10.7. The van der Waals surface area contributed by atoms with E-state index in [1.807, 2.05) is 6.92 Å². The number of amides is 1. The average molecular weight is 311 g/mol. The van der Waals surface area contributed by atoms with Crippen molar-refractivity contribution in [3.63, 3.8) is 0 Å². The molecule has 0 saturated heterocycles. The number of hydrogen-bond donors (Lipinski definition) is 1. The van der Waals surface area contributed by atoms with Gasteiger partial charge in [-0.3, -0.25) is 9.59 Å². The molecular formula is C14H12Cl2N2O2. The van der Waals surface area contributed by atoms with E-state index in [1.165, 1.54) is 10.6 Å². The van der Waals surface area contributed by atoms with Crippen LogP contribution >= 0.6 is 23.2 Å². The molecular weight excluding hydrogens is 299 g/mol. The molecule has 6 heteroatoms. The Labute approximate surface area is 125 Å². The first-order chi connectivity index (χ1) is 9.47. The number of nitrogens with one attached hydrogen (secondary N) is 1. The van der Waals surface area contributed by atoms with Crippen molar-refractivity contribution in [1.82, 2.24) is 4.57 Å². The number of carbonyl (C=O) groups excluding carboxylic acids is 1. The van der Waals surface area contributed by atoms with E-state index in [4.69, 9.17) is 23.2 Å². The fraction of sp³-hybridized carbons (Fsp3) is 0.143. The van der Waals surface area contributed by atoms with Crippen LogP contribution in [-0.4, -0.2) is 10.5 Å². The Morgan fingerprint density at radius 1 is 1.30 bits per heavy atom. The smallest absolute Gasteiger partial charge is 0.251 e. The van der Waals surface area contributed by atoms with Gasteiger partial charge in [-0.1, -0.05) is 29.3 Å². The lowest BCUT2D eigenvalue weighted by molar-refractivity contribution is -0.116. The van der Waals surface area contributed by atoms with Crippen molar-refractivity contribution >= 4 is 34.8 Å². The second kappa shape index (κ2) is 6.11.